The van der Waals surface area contributed by atoms with E-state index < -0.39 is 4.92 Å². The summed E-state index contributed by atoms with van der Waals surface area (Å²) in [6.07, 6.45) is 3.38. The first-order valence-electron chi connectivity index (χ1n) is 6.27. The van der Waals surface area contributed by atoms with E-state index in [0.29, 0.717) is 18.8 Å². The molecule has 0 aliphatic carbocycles. The highest BCUT2D eigenvalue weighted by Gasteiger charge is 2.13. The van der Waals surface area contributed by atoms with Gasteiger partial charge in [-0.05, 0) is 18.6 Å². The first-order valence-corrected chi connectivity index (χ1v) is 6.27. The summed E-state index contributed by atoms with van der Waals surface area (Å²) >= 11 is 0. The summed E-state index contributed by atoms with van der Waals surface area (Å²) in [5.41, 5.74) is 1.46. The Kier molecular flexibility index (Phi) is 4.14. The summed E-state index contributed by atoms with van der Waals surface area (Å²) in [5, 5.41) is 13.9. The maximum Gasteiger partial charge on any atom is 0.292 e. The Morgan fingerprint density at radius 3 is 2.55 bits per heavy atom. The molecular weight excluding hydrogens is 258 g/mol. The fourth-order valence-electron chi connectivity index (χ4n) is 1.93. The van der Waals surface area contributed by atoms with Gasteiger partial charge in [-0.3, -0.25) is 14.9 Å². The van der Waals surface area contributed by atoms with Crippen molar-refractivity contribution in [2.45, 2.75) is 13.5 Å². The SMILES string of the molecule is CCNc1cc(Cn2ccc(=O)cc2)ccc1[N+](=O)[O-]. The minimum absolute atomic E-state index is 0.0433. The van der Waals surface area contributed by atoms with Crippen LogP contribution < -0.4 is 10.7 Å². The summed E-state index contributed by atoms with van der Waals surface area (Å²) in [6.45, 7) is 3.05. The van der Waals surface area contributed by atoms with Gasteiger partial charge in [0.2, 0.25) is 0 Å². The molecule has 0 saturated heterocycles. The Morgan fingerprint density at radius 2 is 1.95 bits per heavy atom. The summed E-state index contributed by atoms with van der Waals surface area (Å²) in [6, 6.07) is 7.94. The van der Waals surface area contributed by atoms with Crippen LogP contribution in [0.3, 0.4) is 0 Å². The van der Waals surface area contributed by atoms with Gasteiger partial charge in [-0.1, -0.05) is 6.07 Å². The Labute approximate surface area is 115 Å². The maximum absolute atomic E-state index is 11.0. The second-order valence-electron chi connectivity index (χ2n) is 4.35. The first-order chi connectivity index (χ1) is 9.60. The van der Waals surface area contributed by atoms with E-state index in [-0.39, 0.29) is 11.1 Å². The van der Waals surface area contributed by atoms with Gasteiger partial charge in [-0.2, -0.15) is 0 Å². The third-order valence-electron chi connectivity index (χ3n) is 2.85. The number of aromatic nitrogens is 1. The molecule has 0 aliphatic heterocycles. The molecular formula is C14H15N3O3. The molecule has 0 fully saturated rings. The Hall–Kier alpha value is -2.63. The molecule has 0 radical (unpaired) electrons. The van der Waals surface area contributed by atoms with Gasteiger partial charge in [0.25, 0.3) is 5.69 Å². The number of nitro groups is 1. The molecule has 0 aliphatic rings. The van der Waals surface area contributed by atoms with E-state index in [1.54, 1.807) is 24.5 Å². The second kappa shape index (κ2) is 6.01. The molecule has 0 atom stereocenters. The molecule has 0 spiro atoms. The minimum Gasteiger partial charge on any atom is -0.380 e. The predicted molar refractivity (Wildman–Crippen MR) is 77.1 cm³/mol. The number of benzene rings is 1. The van der Waals surface area contributed by atoms with Gasteiger partial charge in [0.05, 0.1) is 4.92 Å². The van der Waals surface area contributed by atoms with Crippen molar-refractivity contribution in [3.8, 4) is 0 Å². The lowest BCUT2D eigenvalue weighted by molar-refractivity contribution is -0.384. The van der Waals surface area contributed by atoms with Crippen LogP contribution in [-0.2, 0) is 6.54 Å². The van der Waals surface area contributed by atoms with Crippen LogP contribution in [-0.4, -0.2) is 16.0 Å². The maximum atomic E-state index is 11.0. The zero-order valence-corrected chi connectivity index (χ0v) is 11.1. The molecule has 0 amide bonds. The van der Waals surface area contributed by atoms with Gasteiger partial charge in [-0.15, -0.1) is 0 Å². The molecule has 1 heterocycles. The molecule has 1 aromatic carbocycles. The monoisotopic (exact) mass is 273 g/mol. The molecule has 1 aromatic heterocycles. The Bertz CT molecular complexity index is 659. The van der Waals surface area contributed by atoms with Crippen LogP contribution in [0.15, 0.2) is 47.5 Å². The highest BCUT2D eigenvalue weighted by molar-refractivity contribution is 5.62. The second-order valence-corrected chi connectivity index (χ2v) is 4.35. The quantitative estimate of drug-likeness (QED) is 0.669. The van der Waals surface area contributed by atoms with E-state index >= 15 is 0 Å². The van der Waals surface area contributed by atoms with Crippen molar-refractivity contribution in [2.24, 2.45) is 0 Å². The fraction of sp³-hybridized carbons (Fsp3) is 0.214. The number of nitrogens with zero attached hydrogens (tertiary/aromatic N) is 2. The van der Waals surface area contributed by atoms with Gasteiger partial charge in [0, 0.05) is 43.7 Å². The van der Waals surface area contributed by atoms with Gasteiger partial charge in [-0.25, -0.2) is 0 Å². The van der Waals surface area contributed by atoms with Crippen molar-refractivity contribution in [1.82, 2.24) is 4.57 Å². The number of pyridine rings is 1. The van der Waals surface area contributed by atoms with Gasteiger partial charge >= 0.3 is 0 Å². The summed E-state index contributed by atoms with van der Waals surface area (Å²) in [4.78, 5) is 21.6. The average Bonchev–Trinajstić information content (AvgIpc) is 2.42. The standard InChI is InChI=1S/C14H15N3O3/c1-2-15-13-9-11(3-4-14(13)17(19)20)10-16-7-5-12(18)6-8-16/h3-9,15H,2,10H2,1H3. The van der Waals surface area contributed by atoms with Crippen LogP contribution in [0.1, 0.15) is 12.5 Å². The number of anilines is 1. The van der Waals surface area contributed by atoms with Crippen LogP contribution in [0, 0.1) is 10.1 Å². The average molecular weight is 273 g/mol. The molecule has 6 heteroatoms. The van der Waals surface area contributed by atoms with E-state index in [1.165, 1.54) is 18.2 Å². The molecule has 2 rings (SSSR count). The summed E-state index contributed by atoms with van der Waals surface area (Å²) < 4.78 is 1.85. The molecule has 20 heavy (non-hydrogen) atoms. The van der Waals surface area contributed by atoms with Crippen molar-refractivity contribution in [1.29, 1.82) is 0 Å². The first kappa shape index (κ1) is 13.8. The molecule has 0 saturated carbocycles. The van der Waals surface area contributed by atoms with Crippen LogP contribution in [0.2, 0.25) is 0 Å². The normalized spacial score (nSPS) is 10.2. The summed E-state index contributed by atoms with van der Waals surface area (Å²) in [7, 11) is 0. The lowest BCUT2D eigenvalue weighted by Crippen LogP contribution is -2.06. The van der Waals surface area contributed by atoms with Crippen LogP contribution in [0.25, 0.3) is 0 Å². The zero-order chi connectivity index (χ0) is 14.5. The molecule has 1 N–H and O–H groups in total. The minimum atomic E-state index is -0.402. The van der Waals surface area contributed by atoms with Gasteiger partial charge in [0.1, 0.15) is 5.69 Å². The number of hydrogen-bond acceptors (Lipinski definition) is 4. The van der Waals surface area contributed by atoms with Gasteiger partial charge in [0.15, 0.2) is 5.43 Å². The van der Waals surface area contributed by atoms with E-state index in [4.69, 9.17) is 0 Å². The highest BCUT2D eigenvalue weighted by atomic mass is 16.6. The Morgan fingerprint density at radius 1 is 1.25 bits per heavy atom. The van der Waals surface area contributed by atoms with Crippen LogP contribution in [0.5, 0.6) is 0 Å². The van der Waals surface area contributed by atoms with Crippen LogP contribution >= 0.6 is 0 Å². The van der Waals surface area contributed by atoms with Crippen molar-refractivity contribution >= 4 is 11.4 Å². The van der Waals surface area contributed by atoms with E-state index in [2.05, 4.69) is 5.32 Å². The number of rotatable bonds is 5. The lowest BCUT2D eigenvalue weighted by Gasteiger charge is -2.09. The zero-order valence-electron chi connectivity index (χ0n) is 11.1. The third kappa shape index (κ3) is 3.23. The topological polar surface area (TPSA) is 77.2 Å². The predicted octanol–water partition coefficient (Wildman–Crippen LogP) is 2.24. The van der Waals surface area contributed by atoms with E-state index in [1.807, 2.05) is 11.5 Å². The highest BCUT2D eigenvalue weighted by Crippen LogP contribution is 2.25. The molecule has 0 unspecified atom stereocenters. The fourth-order valence-corrected chi connectivity index (χ4v) is 1.93. The summed E-state index contributed by atoms with van der Waals surface area (Å²) in [5.74, 6) is 0. The van der Waals surface area contributed by atoms with E-state index in [9.17, 15) is 14.9 Å². The smallest absolute Gasteiger partial charge is 0.292 e. The third-order valence-corrected chi connectivity index (χ3v) is 2.85. The van der Waals surface area contributed by atoms with Crippen molar-refractivity contribution in [3.63, 3.8) is 0 Å². The largest absolute Gasteiger partial charge is 0.380 e. The molecule has 2 aromatic rings. The number of nitrogens with one attached hydrogen (secondary N) is 1. The lowest BCUT2D eigenvalue weighted by atomic mass is 10.1. The molecule has 0 bridgehead atoms. The van der Waals surface area contributed by atoms with Crippen LogP contribution in [0.4, 0.5) is 11.4 Å². The van der Waals surface area contributed by atoms with Crippen molar-refractivity contribution in [3.05, 3.63) is 68.6 Å². The van der Waals surface area contributed by atoms with Crippen molar-refractivity contribution in [2.75, 3.05) is 11.9 Å². The molecule has 104 valence electrons. The van der Waals surface area contributed by atoms with Gasteiger partial charge < -0.3 is 9.88 Å². The van der Waals surface area contributed by atoms with E-state index in [0.717, 1.165) is 5.56 Å². The van der Waals surface area contributed by atoms with Crippen molar-refractivity contribution < 1.29 is 4.92 Å². The number of hydrogen-bond donors (Lipinski definition) is 1. The molecule has 6 nitrogen and oxygen atoms in total. The Balaban J connectivity index is 2.28. The number of nitro benzene ring substituents is 1.